The summed E-state index contributed by atoms with van der Waals surface area (Å²) < 4.78 is 59.0. The van der Waals surface area contributed by atoms with Crippen molar-refractivity contribution in [3.63, 3.8) is 0 Å². The zero-order valence-electron chi connectivity index (χ0n) is 24.6. The molecule has 1 aromatic heterocycles. The second kappa shape index (κ2) is 13.7. The van der Waals surface area contributed by atoms with Gasteiger partial charge in [0.1, 0.15) is 40.3 Å². The van der Waals surface area contributed by atoms with Crippen molar-refractivity contribution in [3.05, 3.63) is 94.2 Å². The molecule has 4 rings (SSSR count). The Kier molecular flexibility index (Phi) is 10.0. The number of amides is 3. The van der Waals surface area contributed by atoms with Crippen LogP contribution in [0, 0.1) is 17.5 Å². The second-order valence-corrected chi connectivity index (χ2v) is 10.7. The first-order valence-electron chi connectivity index (χ1n) is 14.1. The van der Waals surface area contributed by atoms with Crippen molar-refractivity contribution in [1.82, 2.24) is 20.2 Å². The summed E-state index contributed by atoms with van der Waals surface area (Å²) >= 11 is 0. The van der Waals surface area contributed by atoms with Crippen LogP contribution >= 0.6 is 0 Å². The van der Waals surface area contributed by atoms with Crippen molar-refractivity contribution < 1.29 is 31.9 Å². The Bertz CT molecular complexity index is 1620. The van der Waals surface area contributed by atoms with Gasteiger partial charge in [-0.25, -0.2) is 22.5 Å². The predicted octanol–water partition coefficient (Wildman–Crippen LogP) is 6.19. The fourth-order valence-electron chi connectivity index (χ4n) is 4.84. The van der Waals surface area contributed by atoms with Gasteiger partial charge in [0.2, 0.25) is 5.91 Å². The van der Waals surface area contributed by atoms with Crippen molar-refractivity contribution in [2.45, 2.75) is 52.2 Å². The maximum absolute atomic E-state index is 15.7. The Morgan fingerprint density at radius 3 is 2.48 bits per heavy atom. The molecule has 3 N–H and O–H groups in total. The number of imidazole rings is 1. The number of H-pyrrole nitrogens is 1. The fourth-order valence-corrected chi connectivity index (χ4v) is 4.84. The molecular weight excluding hydrogens is 578 g/mol. The van der Waals surface area contributed by atoms with Crippen LogP contribution in [-0.4, -0.2) is 51.3 Å². The third-order valence-corrected chi connectivity index (χ3v) is 7.21. The lowest BCUT2D eigenvalue weighted by Gasteiger charge is -2.34. The van der Waals surface area contributed by atoms with Gasteiger partial charge in [-0.15, -0.1) is 0 Å². The van der Waals surface area contributed by atoms with E-state index < -0.39 is 40.5 Å². The molecule has 0 unspecified atom stereocenters. The number of benzene rings is 2. The van der Waals surface area contributed by atoms with Crippen LogP contribution in [0.3, 0.4) is 0 Å². The largest absolute Gasteiger partial charge is 0.348 e. The molecule has 0 bridgehead atoms. The maximum atomic E-state index is 15.7. The molecule has 0 saturated carbocycles. The van der Waals surface area contributed by atoms with Gasteiger partial charge in [-0.1, -0.05) is 19.1 Å². The Balaban J connectivity index is 1.54. The number of rotatable bonds is 9. The quantitative estimate of drug-likeness (QED) is 0.198. The van der Waals surface area contributed by atoms with E-state index in [4.69, 9.17) is 0 Å². The summed E-state index contributed by atoms with van der Waals surface area (Å²) in [5.41, 5.74) is -1.71. The molecule has 1 fully saturated rings. The summed E-state index contributed by atoms with van der Waals surface area (Å²) in [5.74, 6) is -3.99. The van der Waals surface area contributed by atoms with Crippen LogP contribution in [0.4, 0.5) is 23.4 Å². The van der Waals surface area contributed by atoms with Crippen LogP contribution in [0.2, 0.25) is 0 Å². The summed E-state index contributed by atoms with van der Waals surface area (Å²) in [6.07, 6.45) is 6.97. The molecule has 44 heavy (non-hydrogen) atoms. The molecule has 3 aromatic rings. The van der Waals surface area contributed by atoms with E-state index in [2.05, 4.69) is 20.6 Å². The number of hydrogen-bond donors (Lipinski definition) is 3. The molecule has 1 aliphatic rings. The Hall–Kier alpha value is -4.74. The molecule has 12 heteroatoms. The normalized spacial score (nSPS) is 15.0. The first-order chi connectivity index (χ1) is 20.9. The van der Waals surface area contributed by atoms with Gasteiger partial charge < -0.3 is 20.5 Å². The Labute approximate surface area is 252 Å². The van der Waals surface area contributed by atoms with E-state index in [-0.39, 0.29) is 55.1 Å². The van der Waals surface area contributed by atoms with Crippen LogP contribution in [0.25, 0.3) is 11.6 Å². The summed E-state index contributed by atoms with van der Waals surface area (Å²) in [6, 6.07) is 5.62. The van der Waals surface area contributed by atoms with Gasteiger partial charge in [-0.05, 0) is 73.7 Å². The standard InChI is InChI=1S/C32H33F4N5O3/c1-4-5-20(6-11-26-37-18-27(40-26)39-19(2)42)23-9-10-25(34)28(29(23)35)30(43)38-17-21-16-22(33)7-8-24(21)31(44)41-14-12-32(3,36)13-15-41/h5-11,16,18H,4,12-15,17H2,1-3H3,(H,37,40)(H,38,43)(H,39,42)/b11-6-,20-5-. The van der Waals surface area contributed by atoms with Crippen molar-refractivity contribution in [2.75, 3.05) is 18.4 Å². The van der Waals surface area contributed by atoms with E-state index in [1.807, 2.05) is 6.92 Å². The number of nitrogens with zero attached hydrogens (tertiary/aromatic N) is 2. The number of halogens is 4. The maximum Gasteiger partial charge on any atom is 0.257 e. The Morgan fingerprint density at radius 2 is 1.80 bits per heavy atom. The van der Waals surface area contributed by atoms with Crippen molar-refractivity contribution >= 4 is 35.2 Å². The molecule has 0 radical (unpaired) electrons. The lowest BCUT2D eigenvalue weighted by Crippen LogP contribution is -2.43. The molecule has 8 nitrogen and oxygen atoms in total. The molecule has 0 spiro atoms. The van der Waals surface area contributed by atoms with Gasteiger partial charge in [0.05, 0.1) is 6.20 Å². The van der Waals surface area contributed by atoms with E-state index in [1.165, 1.54) is 49.2 Å². The highest BCUT2D eigenvalue weighted by molar-refractivity contribution is 5.98. The van der Waals surface area contributed by atoms with E-state index in [0.29, 0.717) is 23.6 Å². The smallest absolute Gasteiger partial charge is 0.257 e. The number of carbonyl (C=O) groups is 3. The van der Waals surface area contributed by atoms with E-state index in [9.17, 15) is 27.6 Å². The monoisotopic (exact) mass is 611 g/mol. The molecule has 0 aliphatic carbocycles. The summed E-state index contributed by atoms with van der Waals surface area (Å²) in [7, 11) is 0. The first kappa shape index (κ1) is 32.2. The number of piperidine rings is 1. The highest BCUT2D eigenvalue weighted by Gasteiger charge is 2.32. The first-order valence-corrected chi connectivity index (χ1v) is 14.1. The van der Waals surface area contributed by atoms with Gasteiger partial charge >= 0.3 is 0 Å². The number of aromatic amines is 1. The third kappa shape index (κ3) is 7.80. The number of alkyl halides is 1. The summed E-state index contributed by atoms with van der Waals surface area (Å²) in [5, 5.41) is 4.96. The molecule has 1 aliphatic heterocycles. The van der Waals surface area contributed by atoms with E-state index in [0.717, 1.165) is 18.2 Å². The number of likely N-dealkylation sites (tertiary alicyclic amines) is 1. The zero-order valence-corrected chi connectivity index (χ0v) is 24.6. The number of aromatic nitrogens is 2. The molecule has 232 valence electrons. The van der Waals surface area contributed by atoms with E-state index in [1.54, 1.807) is 6.08 Å². The van der Waals surface area contributed by atoms with Gasteiger partial charge in [0.25, 0.3) is 11.8 Å². The zero-order chi connectivity index (χ0) is 32.0. The van der Waals surface area contributed by atoms with Crippen LogP contribution in [0.5, 0.6) is 0 Å². The minimum atomic E-state index is -1.38. The lowest BCUT2D eigenvalue weighted by atomic mass is 9.94. The molecule has 3 amide bonds. The number of anilines is 1. The Morgan fingerprint density at radius 1 is 1.09 bits per heavy atom. The molecule has 1 saturated heterocycles. The van der Waals surface area contributed by atoms with Crippen molar-refractivity contribution in [1.29, 1.82) is 0 Å². The number of nitrogens with one attached hydrogen (secondary N) is 3. The second-order valence-electron chi connectivity index (χ2n) is 10.7. The van der Waals surface area contributed by atoms with Crippen molar-refractivity contribution in [3.8, 4) is 0 Å². The average Bonchev–Trinajstić information content (AvgIpc) is 3.40. The number of carbonyl (C=O) groups excluding carboxylic acids is 3. The van der Waals surface area contributed by atoms with Gasteiger partial charge in [0.15, 0.2) is 0 Å². The van der Waals surface area contributed by atoms with Crippen LogP contribution in [0.1, 0.15) is 77.7 Å². The highest BCUT2D eigenvalue weighted by Crippen LogP contribution is 2.28. The highest BCUT2D eigenvalue weighted by atomic mass is 19.1. The van der Waals surface area contributed by atoms with Gasteiger partial charge in [0, 0.05) is 37.7 Å². The van der Waals surface area contributed by atoms with Crippen LogP contribution in [-0.2, 0) is 11.3 Å². The minimum Gasteiger partial charge on any atom is -0.348 e. The molecule has 2 heterocycles. The van der Waals surface area contributed by atoms with E-state index >= 15 is 4.39 Å². The third-order valence-electron chi connectivity index (χ3n) is 7.21. The SMILES string of the molecule is CC/C=C(/C=C\c1ncc(NC(C)=O)[nH]1)c1ccc(F)c(C(=O)NCc2cc(F)ccc2C(=O)N2CCC(C)(F)CC2)c1F. The summed E-state index contributed by atoms with van der Waals surface area (Å²) in [4.78, 5) is 46.0. The van der Waals surface area contributed by atoms with Crippen molar-refractivity contribution in [2.24, 2.45) is 0 Å². The summed E-state index contributed by atoms with van der Waals surface area (Å²) in [6.45, 7) is 4.61. The number of hydrogen-bond acceptors (Lipinski definition) is 4. The molecular formula is C32H33F4N5O3. The van der Waals surface area contributed by atoms with Crippen LogP contribution in [0.15, 0.2) is 48.7 Å². The minimum absolute atomic E-state index is 0.0464. The lowest BCUT2D eigenvalue weighted by molar-refractivity contribution is -0.114. The topological polar surface area (TPSA) is 107 Å². The van der Waals surface area contributed by atoms with Crippen LogP contribution < -0.4 is 10.6 Å². The predicted molar refractivity (Wildman–Crippen MR) is 159 cm³/mol. The fraction of sp³-hybridized carbons (Fsp3) is 0.312. The molecule has 2 aromatic carbocycles. The van der Waals surface area contributed by atoms with Gasteiger partial charge in [-0.3, -0.25) is 14.4 Å². The average molecular weight is 612 g/mol. The van der Waals surface area contributed by atoms with Gasteiger partial charge in [-0.2, -0.15) is 0 Å². The molecule has 0 atom stereocenters. The number of allylic oxidation sites excluding steroid dienone is 3.